The number of fused-ring (bicyclic) bond motifs is 1. The highest BCUT2D eigenvalue weighted by molar-refractivity contribution is 6.15. The highest BCUT2D eigenvalue weighted by atomic mass is 16.5. The van der Waals surface area contributed by atoms with E-state index in [0.29, 0.717) is 22.8 Å². The quantitative estimate of drug-likeness (QED) is 0.475. The van der Waals surface area contributed by atoms with Gasteiger partial charge < -0.3 is 14.2 Å². The minimum absolute atomic E-state index is 0.00892. The van der Waals surface area contributed by atoms with Crippen molar-refractivity contribution in [3.63, 3.8) is 0 Å². The molecule has 0 radical (unpaired) electrons. The highest BCUT2D eigenvalue weighted by Crippen LogP contribution is 2.38. The van der Waals surface area contributed by atoms with E-state index in [9.17, 15) is 9.59 Å². The molecule has 1 saturated carbocycles. The van der Waals surface area contributed by atoms with Gasteiger partial charge in [-0.25, -0.2) is 0 Å². The standard InChI is InChI=1S/C21H18O5/c1-12-8-16(25-21(23)14-6-7-14)11-17-19(12)20(22)18(26-17)10-13-4-3-5-15(9-13)24-2/h3-5,8-11,14H,6-7H2,1-2H3/b18-10-. The van der Waals surface area contributed by atoms with E-state index in [1.54, 1.807) is 25.3 Å². The van der Waals surface area contributed by atoms with Crippen LogP contribution >= 0.6 is 0 Å². The van der Waals surface area contributed by atoms with Crippen LogP contribution in [0, 0.1) is 12.8 Å². The highest BCUT2D eigenvalue weighted by Gasteiger charge is 2.33. The number of carbonyl (C=O) groups excluding carboxylic acids is 2. The molecule has 1 heterocycles. The van der Waals surface area contributed by atoms with Crippen LogP contribution in [-0.4, -0.2) is 18.9 Å². The van der Waals surface area contributed by atoms with Gasteiger partial charge in [-0.05, 0) is 55.2 Å². The van der Waals surface area contributed by atoms with Crippen molar-refractivity contribution in [3.8, 4) is 17.2 Å². The molecule has 4 rings (SSSR count). The normalized spacial score (nSPS) is 17.0. The van der Waals surface area contributed by atoms with E-state index < -0.39 is 0 Å². The van der Waals surface area contributed by atoms with Crippen molar-refractivity contribution in [2.24, 2.45) is 5.92 Å². The smallest absolute Gasteiger partial charge is 0.314 e. The van der Waals surface area contributed by atoms with E-state index in [1.165, 1.54) is 0 Å². The average molecular weight is 350 g/mol. The molecule has 0 spiro atoms. The molecular formula is C21H18O5. The Labute approximate surface area is 151 Å². The molecular weight excluding hydrogens is 332 g/mol. The Morgan fingerprint density at radius 1 is 1.19 bits per heavy atom. The second-order valence-corrected chi connectivity index (χ2v) is 6.53. The second-order valence-electron chi connectivity index (χ2n) is 6.53. The van der Waals surface area contributed by atoms with Crippen LogP contribution in [0.15, 0.2) is 42.2 Å². The summed E-state index contributed by atoms with van der Waals surface area (Å²) < 4.78 is 16.4. The molecule has 0 saturated heterocycles. The van der Waals surface area contributed by atoms with E-state index in [0.717, 1.165) is 24.0 Å². The first-order valence-electron chi connectivity index (χ1n) is 8.50. The maximum atomic E-state index is 12.7. The monoisotopic (exact) mass is 350 g/mol. The minimum atomic E-state index is -0.221. The maximum Gasteiger partial charge on any atom is 0.314 e. The number of benzene rings is 2. The number of hydrogen-bond acceptors (Lipinski definition) is 5. The van der Waals surface area contributed by atoms with Crippen LogP contribution in [0.2, 0.25) is 0 Å². The lowest BCUT2D eigenvalue weighted by atomic mass is 10.0. The van der Waals surface area contributed by atoms with E-state index in [1.807, 2.05) is 31.2 Å². The number of allylic oxidation sites excluding steroid dienone is 1. The van der Waals surface area contributed by atoms with Crippen molar-refractivity contribution in [1.29, 1.82) is 0 Å². The Hall–Kier alpha value is -3.08. The molecule has 0 amide bonds. The van der Waals surface area contributed by atoms with Gasteiger partial charge in [-0.1, -0.05) is 12.1 Å². The van der Waals surface area contributed by atoms with Crippen LogP contribution in [0.3, 0.4) is 0 Å². The molecule has 132 valence electrons. The topological polar surface area (TPSA) is 61.8 Å². The van der Waals surface area contributed by atoms with Crippen molar-refractivity contribution in [2.75, 3.05) is 7.11 Å². The van der Waals surface area contributed by atoms with Crippen LogP contribution in [-0.2, 0) is 4.79 Å². The SMILES string of the molecule is COc1cccc(/C=C2\Oc3cc(OC(=O)C4CC4)cc(C)c3C2=O)c1. The number of hydrogen-bond donors (Lipinski definition) is 0. The summed E-state index contributed by atoms with van der Waals surface area (Å²) in [5.74, 6) is 1.38. The van der Waals surface area contributed by atoms with Gasteiger partial charge in [-0.3, -0.25) is 9.59 Å². The van der Waals surface area contributed by atoms with E-state index in [4.69, 9.17) is 14.2 Å². The van der Waals surface area contributed by atoms with Gasteiger partial charge in [0.1, 0.15) is 17.2 Å². The van der Waals surface area contributed by atoms with Crippen LogP contribution in [0.4, 0.5) is 0 Å². The van der Waals surface area contributed by atoms with E-state index >= 15 is 0 Å². The Morgan fingerprint density at radius 2 is 2.00 bits per heavy atom. The van der Waals surface area contributed by atoms with Crippen molar-refractivity contribution in [2.45, 2.75) is 19.8 Å². The first-order valence-corrected chi connectivity index (χ1v) is 8.50. The molecule has 0 N–H and O–H groups in total. The average Bonchev–Trinajstić information content (AvgIpc) is 3.41. The van der Waals surface area contributed by atoms with Gasteiger partial charge in [0.25, 0.3) is 0 Å². The summed E-state index contributed by atoms with van der Waals surface area (Å²) in [5.41, 5.74) is 2.03. The molecule has 2 aromatic carbocycles. The third-order valence-electron chi connectivity index (χ3n) is 4.46. The fraction of sp³-hybridized carbons (Fsp3) is 0.238. The van der Waals surface area contributed by atoms with Gasteiger partial charge in [-0.2, -0.15) is 0 Å². The van der Waals surface area contributed by atoms with E-state index in [2.05, 4.69) is 0 Å². The molecule has 0 atom stereocenters. The Balaban J connectivity index is 1.62. The molecule has 1 aliphatic heterocycles. The second kappa shape index (κ2) is 6.33. The zero-order chi connectivity index (χ0) is 18.3. The van der Waals surface area contributed by atoms with Crippen LogP contribution in [0.1, 0.15) is 34.3 Å². The Bertz CT molecular complexity index is 937. The molecule has 2 aromatic rings. The number of ether oxygens (including phenoxy) is 3. The predicted octanol–water partition coefficient (Wildman–Crippen LogP) is 3.94. The number of carbonyl (C=O) groups is 2. The Morgan fingerprint density at radius 3 is 2.73 bits per heavy atom. The third kappa shape index (κ3) is 3.08. The fourth-order valence-corrected chi connectivity index (χ4v) is 2.94. The first-order chi connectivity index (χ1) is 12.5. The summed E-state index contributed by atoms with van der Waals surface area (Å²) >= 11 is 0. The number of methoxy groups -OCH3 is 1. The van der Waals surface area contributed by atoms with Gasteiger partial charge in [0, 0.05) is 6.07 Å². The summed E-state index contributed by atoms with van der Waals surface area (Å²) in [6, 6.07) is 10.7. The molecule has 5 nitrogen and oxygen atoms in total. The molecule has 2 aliphatic rings. The van der Waals surface area contributed by atoms with Crippen molar-refractivity contribution in [3.05, 3.63) is 58.8 Å². The number of esters is 1. The van der Waals surface area contributed by atoms with Crippen molar-refractivity contribution >= 4 is 17.8 Å². The molecule has 1 aliphatic carbocycles. The van der Waals surface area contributed by atoms with Crippen LogP contribution < -0.4 is 14.2 Å². The number of rotatable bonds is 4. The van der Waals surface area contributed by atoms with Gasteiger partial charge in [-0.15, -0.1) is 0 Å². The van der Waals surface area contributed by atoms with E-state index in [-0.39, 0.29) is 23.4 Å². The lowest BCUT2D eigenvalue weighted by Crippen LogP contribution is -2.10. The Kier molecular flexibility index (Phi) is 3.99. The van der Waals surface area contributed by atoms with Crippen molar-refractivity contribution in [1.82, 2.24) is 0 Å². The maximum absolute atomic E-state index is 12.7. The van der Waals surface area contributed by atoms with Gasteiger partial charge >= 0.3 is 5.97 Å². The lowest BCUT2D eigenvalue weighted by molar-refractivity contribution is -0.135. The zero-order valence-corrected chi connectivity index (χ0v) is 14.6. The van der Waals surface area contributed by atoms with Crippen LogP contribution in [0.25, 0.3) is 6.08 Å². The summed E-state index contributed by atoms with van der Waals surface area (Å²) in [6.07, 6.45) is 3.44. The van der Waals surface area contributed by atoms with Gasteiger partial charge in [0.15, 0.2) is 5.76 Å². The zero-order valence-electron chi connectivity index (χ0n) is 14.6. The summed E-state index contributed by atoms with van der Waals surface area (Å²) in [4.78, 5) is 24.6. The number of aryl methyl sites for hydroxylation is 1. The summed E-state index contributed by atoms with van der Waals surface area (Å²) in [6.45, 7) is 1.81. The third-order valence-corrected chi connectivity index (χ3v) is 4.46. The molecule has 5 heteroatoms. The number of ketones is 1. The molecule has 0 unspecified atom stereocenters. The number of Topliss-reactive ketones (excluding diaryl/α,β-unsaturated/α-hetero) is 1. The van der Waals surface area contributed by atoms with Gasteiger partial charge in [0.2, 0.25) is 5.78 Å². The molecule has 1 fully saturated rings. The fourth-order valence-electron chi connectivity index (χ4n) is 2.94. The van der Waals surface area contributed by atoms with Crippen molar-refractivity contribution < 1.29 is 23.8 Å². The molecule has 0 bridgehead atoms. The lowest BCUT2D eigenvalue weighted by Gasteiger charge is -2.07. The molecule has 26 heavy (non-hydrogen) atoms. The van der Waals surface area contributed by atoms with Crippen LogP contribution in [0.5, 0.6) is 17.2 Å². The molecule has 0 aromatic heterocycles. The predicted molar refractivity (Wildman–Crippen MR) is 95.5 cm³/mol. The van der Waals surface area contributed by atoms with Gasteiger partial charge in [0.05, 0.1) is 18.6 Å². The summed E-state index contributed by atoms with van der Waals surface area (Å²) in [5, 5.41) is 0. The largest absolute Gasteiger partial charge is 0.497 e. The minimum Gasteiger partial charge on any atom is -0.497 e. The first kappa shape index (κ1) is 16.4. The summed E-state index contributed by atoms with van der Waals surface area (Å²) in [7, 11) is 1.59.